The van der Waals surface area contributed by atoms with Crippen LogP contribution in [0.15, 0.2) is 72.8 Å². The maximum Gasteiger partial charge on any atom is 0.255 e. The van der Waals surface area contributed by atoms with Crippen molar-refractivity contribution in [1.82, 2.24) is 0 Å². The lowest BCUT2D eigenvalue weighted by Crippen LogP contribution is -2.27. The minimum absolute atomic E-state index is 0.142. The SMILES string of the molecule is CCN(CCC(=O)Nc1ccc(C(=O)Nc2ccccc2OC)cc1)c1ccc(F)cc1. The molecule has 0 saturated carbocycles. The topological polar surface area (TPSA) is 70.7 Å². The highest BCUT2D eigenvalue weighted by atomic mass is 19.1. The molecule has 2 amide bonds. The van der Waals surface area contributed by atoms with Crippen LogP contribution in [-0.2, 0) is 4.79 Å². The molecule has 2 N–H and O–H groups in total. The van der Waals surface area contributed by atoms with E-state index in [2.05, 4.69) is 10.6 Å². The molecule has 0 heterocycles. The van der Waals surface area contributed by atoms with E-state index in [9.17, 15) is 14.0 Å². The number of para-hydroxylation sites is 2. The van der Waals surface area contributed by atoms with Gasteiger partial charge in [0.15, 0.2) is 0 Å². The van der Waals surface area contributed by atoms with Crippen molar-refractivity contribution in [3.05, 3.63) is 84.2 Å². The minimum atomic E-state index is -0.289. The molecular weight excluding hydrogens is 409 g/mol. The Bertz CT molecular complexity index is 1050. The van der Waals surface area contributed by atoms with Gasteiger partial charge in [0.25, 0.3) is 5.91 Å². The smallest absolute Gasteiger partial charge is 0.255 e. The van der Waals surface area contributed by atoms with E-state index in [-0.39, 0.29) is 24.1 Å². The number of carbonyl (C=O) groups is 2. The first kappa shape index (κ1) is 22.8. The van der Waals surface area contributed by atoms with E-state index in [1.807, 2.05) is 24.0 Å². The number of nitrogens with one attached hydrogen (secondary N) is 2. The Kier molecular flexibility index (Phi) is 7.80. The Morgan fingerprint density at radius 1 is 0.938 bits per heavy atom. The zero-order chi connectivity index (χ0) is 22.9. The number of methoxy groups -OCH3 is 1. The molecule has 3 rings (SSSR count). The van der Waals surface area contributed by atoms with Gasteiger partial charge in [0.2, 0.25) is 5.91 Å². The van der Waals surface area contributed by atoms with Crippen LogP contribution in [0, 0.1) is 5.82 Å². The Labute approximate surface area is 187 Å². The summed E-state index contributed by atoms with van der Waals surface area (Å²) in [6, 6.07) is 20.1. The van der Waals surface area contributed by atoms with Gasteiger partial charge in [-0.1, -0.05) is 12.1 Å². The van der Waals surface area contributed by atoms with E-state index in [4.69, 9.17) is 4.74 Å². The number of nitrogens with zero attached hydrogens (tertiary/aromatic N) is 1. The summed E-state index contributed by atoms with van der Waals surface area (Å²) in [4.78, 5) is 26.9. The number of anilines is 3. The Morgan fingerprint density at radius 2 is 1.62 bits per heavy atom. The third kappa shape index (κ3) is 6.07. The molecule has 7 heteroatoms. The highest BCUT2D eigenvalue weighted by Gasteiger charge is 2.11. The predicted octanol–water partition coefficient (Wildman–Crippen LogP) is 4.94. The van der Waals surface area contributed by atoms with Gasteiger partial charge in [-0.15, -0.1) is 0 Å². The van der Waals surface area contributed by atoms with Crippen LogP contribution in [0.1, 0.15) is 23.7 Å². The standard InChI is InChI=1S/C25H26FN3O3/c1-3-29(21-14-10-19(26)11-15-21)17-16-24(30)27-20-12-8-18(9-13-20)25(31)28-22-6-4-5-7-23(22)32-2/h4-15H,3,16-17H2,1-2H3,(H,27,30)(H,28,31). The normalized spacial score (nSPS) is 10.3. The lowest BCUT2D eigenvalue weighted by Gasteiger charge is -2.22. The van der Waals surface area contributed by atoms with Crippen molar-refractivity contribution < 1.29 is 18.7 Å². The minimum Gasteiger partial charge on any atom is -0.495 e. The molecule has 0 aromatic heterocycles. The summed E-state index contributed by atoms with van der Waals surface area (Å²) in [6.07, 6.45) is 0.279. The zero-order valence-corrected chi connectivity index (χ0v) is 18.1. The Hall–Kier alpha value is -3.87. The van der Waals surface area contributed by atoms with Gasteiger partial charge in [-0.3, -0.25) is 9.59 Å². The van der Waals surface area contributed by atoms with Gasteiger partial charge in [0.05, 0.1) is 12.8 Å². The van der Waals surface area contributed by atoms with Crippen LogP contribution in [0.3, 0.4) is 0 Å². The monoisotopic (exact) mass is 435 g/mol. The van der Waals surface area contributed by atoms with E-state index < -0.39 is 0 Å². The highest BCUT2D eigenvalue weighted by Crippen LogP contribution is 2.24. The van der Waals surface area contributed by atoms with E-state index in [1.165, 1.54) is 12.1 Å². The summed E-state index contributed by atoms with van der Waals surface area (Å²) in [5.74, 6) is -0.129. The van der Waals surface area contributed by atoms with Crippen LogP contribution in [0.25, 0.3) is 0 Å². The van der Waals surface area contributed by atoms with Crippen LogP contribution >= 0.6 is 0 Å². The highest BCUT2D eigenvalue weighted by molar-refractivity contribution is 6.05. The van der Waals surface area contributed by atoms with Crippen molar-refractivity contribution in [2.24, 2.45) is 0 Å². The molecule has 0 spiro atoms. The fourth-order valence-electron chi connectivity index (χ4n) is 3.23. The molecule has 0 aliphatic heterocycles. The zero-order valence-electron chi connectivity index (χ0n) is 18.1. The first-order chi connectivity index (χ1) is 15.5. The van der Waals surface area contributed by atoms with Crippen molar-refractivity contribution >= 4 is 28.9 Å². The molecule has 0 unspecified atom stereocenters. The molecular formula is C25H26FN3O3. The summed E-state index contributed by atoms with van der Waals surface area (Å²) < 4.78 is 18.4. The van der Waals surface area contributed by atoms with Gasteiger partial charge in [-0.2, -0.15) is 0 Å². The molecule has 0 radical (unpaired) electrons. The summed E-state index contributed by atoms with van der Waals surface area (Å²) in [5.41, 5.74) is 2.52. The summed E-state index contributed by atoms with van der Waals surface area (Å²) in [5, 5.41) is 5.65. The molecule has 3 aromatic carbocycles. The van der Waals surface area contributed by atoms with Crippen molar-refractivity contribution in [3.63, 3.8) is 0 Å². The lowest BCUT2D eigenvalue weighted by molar-refractivity contribution is -0.116. The fourth-order valence-corrected chi connectivity index (χ4v) is 3.23. The molecule has 0 aliphatic rings. The average molecular weight is 435 g/mol. The van der Waals surface area contributed by atoms with Gasteiger partial charge in [0, 0.05) is 36.4 Å². The molecule has 6 nitrogen and oxygen atoms in total. The second-order valence-electron chi connectivity index (χ2n) is 7.09. The second-order valence-corrected chi connectivity index (χ2v) is 7.09. The van der Waals surface area contributed by atoms with E-state index in [1.54, 1.807) is 55.6 Å². The van der Waals surface area contributed by atoms with Crippen LogP contribution in [-0.4, -0.2) is 32.0 Å². The van der Waals surface area contributed by atoms with Gasteiger partial charge >= 0.3 is 0 Å². The first-order valence-corrected chi connectivity index (χ1v) is 10.3. The van der Waals surface area contributed by atoms with Crippen molar-refractivity contribution in [2.45, 2.75) is 13.3 Å². The molecule has 0 fully saturated rings. The van der Waals surface area contributed by atoms with Gasteiger partial charge in [-0.25, -0.2) is 4.39 Å². The third-order valence-corrected chi connectivity index (χ3v) is 4.97. The number of rotatable bonds is 9. The van der Waals surface area contributed by atoms with Gasteiger partial charge < -0.3 is 20.3 Å². The van der Waals surface area contributed by atoms with E-state index in [0.717, 1.165) is 5.69 Å². The quantitative estimate of drug-likeness (QED) is 0.499. The van der Waals surface area contributed by atoms with Crippen molar-refractivity contribution in [1.29, 1.82) is 0 Å². The average Bonchev–Trinajstić information content (AvgIpc) is 2.81. The number of hydrogen-bond donors (Lipinski definition) is 2. The molecule has 3 aromatic rings. The Morgan fingerprint density at radius 3 is 2.28 bits per heavy atom. The molecule has 0 bridgehead atoms. The number of carbonyl (C=O) groups excluding carboxylic acids is 2. The number of benzene rings is 3. The number of hydrogen-bond acceptors (Lipinski definition) is 4. The Balaban J connectivity index is 1.53. The second kappa shape index (κ2) is 10.9. The van der Waals surface area contributed by atoms with E-state index >= 15 is 0 Å². The number of halogens is 1. The van der Waals surface area contributed by atoms with Crippen LogP contribution in [0.4, 0.5) is 21.5 Å². The van der Waals surface area contributed by atoms with Crippen LogP contribution in [0.2, 0.25) is 0 Å². The van der Waals surface area contributed by atoms with Crippen molar-refractivity contribution in [2.75, 3.05) is 35.7 Å². The molecule has 0 aliphatic carbocycles. The first-order valence-electron chi connectivity index (χ1n) is 10.3. The van der Waals surface area contributed by atoms with Gasteiger partial charge in [0.1, 0.15) is 11.6 Å². The largest absolute Gasteiger partial charge is 0.495 e. The number of ether oxygens (including phenoxy) is 1. The maximum absolute atomic E-state index is 13.1. The fraction of sp³-hybridized carbons (Fsp3) is 0.200. The molecule has 32 heavy (non-hydrogen) atoms. The summed E-state index contributed by atoms with van der Waals surface area (Å²) in [7, 11) is 1.54. The van der Waals surface area contributed by atoms with Gasteiger partial charge in [-0.05, 0) is 67.6 Å². The van der Waals surface area contributed by atoms with Crippen molar-refractivity contribution in [3.8, 4) is 5.75 Å². The van der Waals surface area contributed by atoms with Crippen LogP contribution < -0.4 is 20.3 Å². The molecule has 0 atom stereocenters. The summed E-state index contributed by atoms with van der Waals surface area (Å²) >= 11 is 0. The predicted molar refractivity (Wildman–Crippen MR) is 125 cm³/mol. The molecule has 166 valence electrons. The van der Waals surface area contributed by atoms with E-state index in [0.29, 0.717) is 35.8 Å². The van der Waals surface area contributed by atoms with Crippen LogP contribution in [0.5, 0.6) is 5.75 Å². The maximum atomic E-state index is 13.1. The summed E-state index contributed by atoms with van der Waals surface area (Å²) in [6.45, 7) is 3.19. The lowest BCUT2D eigenvalue weighted by atomic mass is 10.2. The molecule has 0 saturated heterocycles. The third-order valence-electron chi connectivity index (χ3n) is 4.97. The number of amides is 2.